The van der Waals surface area contributed by atoms with Crippen LogP contribution in [0.15, 0.2) is 66.7 Å². The second-order valence-corrected chi connectivity index (χ2v) is 7.23. The van der Waals surface area contributed by atoms with Crippen molar-refractivity contribution in [1.82, 2.24) is 0 Å². The van der Waals surface area contributed by atoms with Crippen LogP contribution in [0.3, 0.4) is 0 Å². The molecule has 168 valence electrons. The van der Waals surface area contributed by atoms with Crippen LogP contribution in [0.2, 0.25) is 0 Å². The second kappa shape index (κ2) is 9.02. The summed E-state index contributed by atoms with van der Waals surface area (Å²) in [5.74, 6) is -3.13. The van der Waals surface area contributed by atoms with Crippen molar-refractivity contribution in [3.63, 3.8) is 0 Å². The van der Waals surface area contributed by atoms with E-state index in [4.69, 9.17) is 4.74 Å². The molecular formula is C26H16F6O. The molecule has 0 atom stereocenters. The number of halogens is 6. The van der Waals surface area contributed by atoms with E-state index in [0.29, 0.717) is 18.4 Å². The second-order valence-electron chi connectivity index (χ2n) is 7.23. The highest BCUT2D eigenvalue weighted by Gasteiger charge is 2.17. The monoisotopic (exact) mass is 458 g/mol. The molecule has 0 bridgehead atoms. The van der Waals surface area contributed by atoms with Gasteiger partial charge in [-0.3, -0.25) is 0 Å². The topological polar surface area (TPSA) is 9.23 Å². The molecule has 0 saturated heterocycles. The predicted octanol–water partition coefficient (Wildman–Crippen LogP) is 8.37. The van der Waals surface area contributed by atoms with Crippen molar-refractivity contribution in [3.8, 4) is 28.0 Å². The summed E-state index contributed by atoms with van der Waals surface area (Å²) >= 11 is 0. The third-order valence-corrected chi connectivity index (χ3v) is 5.14. The molecule has 0 N–H and O–H groups in total. The molecule has 0 radical (unpaired) electrons. The van der Waals surface area contributed by atoms with Gasteiger partial charge in [0.2, 0.25) is 0 Å². The fourth-order valence-electron chi connectivity index (χ4n) is 3.68. The molecule has 0 aliphatic rings. The van der Waals surface area contributed by atoms with E-state index in [1.807, 2.05) is 0 Å². The molecule has 0 fully saturated rings. The van der Waals surface area contributed by atoms with Crippen LogP contribution in [0.5, 0.6) is 5.75 Å². The largest absolute Gasteiger partial charge is 0.494 e. The molecular weight excluding hydrogens is 442 g/mol. The van der Waals surface area contributed by atoms with Gasteiger partial charge in [0.15, 0.2) is 0 Å². The summed E-state index contributed by atoms with van der Waals surface area (Å²) in [5, 5.41) is 0.310. The van der Waals surface area contributed by atoms with Crippen molar-refractivity contribution in [2.24, 2.45) is 0 Å². The lowest BCUT2D eigenvalue weighted by atomic mass is 9.96. The van der Waals surface area contributed by atoms with E-state index in [1.54, 1.807) is 6.92 Å². The first kappa shape index (κ1) is 22.5. The SMILES string of the molecule is CCOc1ccc(-c2cc(F)c(-c3ccc4c(F)c(C=C(F)F)ccc4c3)c(F)c2)c(F)c1. The highest BCUT2D eigenvalue weighted by Crippen LogP contribution is 2.35. The summed E-state index contributed by atoms with van der Waals surface area (Å²) < 4.78 is 89.1. The van der Waals surface area contributed by atoms with E-state index in [2.05, 4.69) is 0 Å². The average Bonchev–Trinajstić information content (AvgIpc) is 2.75. The van der Waals surface area contributed by atoms with Gasteiger partial charge in [-0.25, -0.2) is 17.6 Å². The molecule has 0 heterocycles. The smallest absolute Gasteiger partial charge is 0.271 e. The van der Waals surface area contributed by atoms with Gasteiger partial charge in [-0.2, -0.15) is 8.78 Å². The summed E-state index contributed by atoms with van der Waals surface area (Å²) in [6.45, 7) is 2.09. The van der Waals surface area contributed by atoms with Gasteiger partial charge in [-0.05, 0) is 53.8 Å². The molecule has 7 heteroatoms. The van der Waals surface area contributed by atoms with E-state index in [1.165, 1.54) is 36.4 Å². The molecule has 0 spiro atoms. The highest BCUT2D eigenvalue weighted by molar-refractivity contribution is 5.90. The van der Waals surface area contributed by atoms with Crippen molar-refractivity contribution >= 4 is 16.8 Å². The minimum absolute atomic E-state index is 0.00376. The molecule has 0 aliphatic carbocycles. The first-order valence-corrected chi connectivity index (χ1v) is 9.95. The minimum Gasteiger partial charge on any atom is -0.494 e. The zero-order valence-corrected chi connectivity index (χ0v) is 17.2. The van der Waals surface area contributed by atoms with Crippen LogP contribution in [0.4, 0.5) is 26.3 Å². The van der Waals surface area contributed by atoms with Crippen LogP contribution in [0.1, 0.15) is 12.5 Å². The number of ether oxygens (including phenoxy) is 1. The van der Waals surface area contributed by atoms with Crippen LogP contribution in [0, 0.1) is 23.3 Å². The van der Waals surface area contributed by atoms with E-state index < -0.39 is 29.3 Å². The van der Waals surface area contributed by atoms with Crippen LogP contribution in [-0.4, -0.2) is 6.61 Å². The third-order valence-electron chi connectivity index (χ3n) is 5.14. The Morgan fingerprint density at radius 3 is 2.15 bits per heavy atom. The van der Waals surface area contributed by atoms with E-state index in [9.17, 15) is 26.3 Å². The van der Waals surface area contributed by atoms with Crippen LogP contribution >= 0.6 is 0 Å². The Bertz CT molecular complexity index is 1370. The van der Waals surface area contributed by atoms with Crippen LogP contribution < -0.4 is 4.74 Å². The van der Waals surface area contributed by atoms with E-state index in [-0.39, 0.29) is 38.6 Å². The summed E-state index contributed by atoms with van der Waals surface area (Å²) in [6.07, 6.45) is -1.64. The minimum atomic E-state index is -2.04. The molecule has 1 nitrogen and oxygen atoms in total. The molecule has 33 heavy (non-hydrogen) atoms. The molecule has 4 aromatic carbocycles. The summed E-state index contributed by atoms with van der Waals surface area (Å²) in [4.78, 5) is 0. The third kappa shape index (κ3) is 4.44. The lowest BCUT2D eigenvalue weighted by molar-refractivity contribution is 0.338. The number of hydrogen-bond acceptors (Lipinski definition) is 1. The number of benzene rings is 4. The number of fused-ring (bicyclic) bond motifs is 1. The normalized spacial score (nSPS) is 11.0. The van der Waals surface area contributed by atoms with Gasteiger partial charge in [-0.1, -0.05) is 24.3 Å². The highest BCUT2D eigenvalue weighted by atomic mass is 19.3. The summed E-state index contributed by atoms with van der Waals surface area (Å²) in [6, 6.07) is 12.5. The Balaban J connectivity index is 1.76. The maximum Gasteiger partial charge on any atom is 0.271 e. The number of rotatable bonds is 5. The van der Waals surface area contributed by atoms with Gasteiger partial charge in [0.1, 0.15) is 29.0 Å². The molecule has 0 amide bonds. The molecule has 0 aliphatic heterocycles. The molecule has 4 rings (SSSR count). The van der Waals surface area contributed by atoms with Crippen molar-refractivity contribution in [2.45, 2.75) is 6.92 Å². The average molecular weight is 458 g/mol. The summed E-state index contributed by atoms with van der Waals surface area (Å²) in [7, 11) is 0. The van der Waals surface area contributed by atoms with Crippen LogP contribution in [-0.2, 0) is 0 Å². The van der Waals surface area contributed by atoms with Gasteiger partial charge in [0.05, 0.1) is 12.2 Å². The Labute approximate surface area is 185 Å². The first-order chi connectivity index (χ1) is 15.8. The van der Waals surface area contributed by atoms with Gasteiger partial charge in [-0.15, -0.1) is 0 Å². The Kier molecular flexibility index (Phi) is 6.14. The van der Waals surface area contributed by atoms with E-state index in [0.717, 1.165) is 24.3 Å². The lowest BCUT2D eigenvalue weighted by Crippen LogP contribution is -1.96. The maximum absolute atomic E-state index is 14.9. The number of hydrogen-bond donors (Lipinski definition) is 0. The van der Waals surface area contributed by atoms with Crippen molar-refractivity contribution in [1.29, 1.82) is 0 Å². The standard InChI is InChI=1S/C26H16F6O/c1-2-33-18-6-8-19(21(27)13-18)17-10-22(28)25(23(29)11-17)15-5-7-20-14(9-15)3-4-16(26(20)32)12-24(30)31/h3-13H,2H2,1H3. The lowest BCUT2D eigenvalue weighted by Gasteiger charge is -2.12. The van der Waals surface area contributed by atoms with E-state index >= 15 is 0 Å². The van der Waals surface area contributed by atoms with Crippen molar-refractivity contribution in [2.75, 3.05) is 6.61 Å². The predicted molar refractivity (Wildman–Crippen MR) is 116 cm³/mol. The fourth-order valence-corrected chi connectivity index (χ4v) is 3.68. The van der Waals surface area contributed by atoms with Gasteiger partial charge >= 0.3 is 0 Å². The molecule has 4 aromatic rings. The first-order valence-electron chi connectivity index (χ1n) is 9.95. The molecule has 0 saturated carbocycles. The Hall–Kier alpha value is -3.74. The quantitative estimate of drug-likeness (QED) is 0.273. The van der Waals surface area contributed by atoms with Crippen LogP contribution in [0.25, 0.3) is 39.1 Å². The Morgan fingerprint density at radius 2 is 1.52 bits per heavy atom. The van der Waals surface area contributed by atoms with Gasteiger partial charge < -0.3 is 4.74 Å². The van der Waals surface area contributed by atoms with Crippen molar-refractivity contribution < 1.29 is 31.1 Å². The fraction of sp³-hybridized carbons (Fsp3) is 0.0769. The van der Waals surface area contributed by atoms with Crippen molar-refractivity contribution in [3.05, 3.63) is 95.6 Å². The zero-order chi connectivity index (χ0) is 23.7. The molecule has 0 aromatic heterocycles. The van der Waals surface area contributed by atoms with Gasteiger partial charge in [0, 0.05) is 28.7 Å². The van der Waals surface area contributed by atoms with Gasteiger partial charge in [0.25, 0.3) is 6.08 Å². The maximum atomic E-state index is 14.9. The molecule has 0 unspecified atom stereocenters. The summed E-state index contributed by atoms with van der Waals surface area (Å²) in [5.41, 5.74) is -0.536. The zero-order valence-electron chi connectivity index (χ0n) is 17.2. The Morgan fingerprint density at radius 1 is 0.788 bits per heavy atom.